The highest BCUT2D eigenvalue weighted by Gasteiger charge is 2.10. The first kappa shape index (κ1) is 13.7. The molecule has 0 saturated heterocycles. The maximum absolute atomic E-state index is 11.9. The summed E-state index contributed by atoms with van der Waals surface area (Å²) in [6.45, 7) is 7.63. The molecule has 17 heavy (non-hydrogen) atoms. The standard InChI is InChI=1S/C14H22N2O/c1-10(2)11(3)9-16-14(17)13-6-4-5-12(7-13)8-15/h4-7,10-11H,8-9,15H2,1-3H3,(H,16,17). The van der Waals surface area contributed by atoms with Crippen LogP contribution in [0, 0.1) is 11.8 Å². The van der Waals surface area contributed by atoms with Gasteiger partial charge in [0.05, 0.1) is 0 Å². The Morgan fingerprint density at radius 2 is 2.06 bits per heavy atom. The second-order valence-corrected chi connectivity index (χ2v) is 4.84. The fraction of sp³-hybridized carbons (Fsp3) is 0.500. The molecule has 1 atom stereocenters. The van der Waals surface area contributed by atoms with Gasteiger partial charge in [0.15, 0.2) is 0 Å². The molecule has 0 bridgehead atoms. The maximum atomic E-state index is 11.9. The van der Waals surface area contributed by atoms with Crippen LogP contribution < -0.4 is 11.1 Å². The van der Waals surface area contributed by atoms with Gasteiger partial charge in [-0.1, -0.05) is 32.9 Å². The largest absolute Gasteiger partial charge is 0.352 e. The van der Waals surface area contributed by atoms with E-state index in [1.54, 1.807) is 0 Å². The minimum absolute atomic E-state index is 0.0206. The van der Waals surface area contributed by atoms with Gasteiger partial charge in [0.1, 0.15) is 0 Å². The summed E-state index contributed by atoms with van der Waals surface area (Å²) in [4.78, 5) is 11.9. The number of amides is 1. The molecule has 0 aliphatic heterocycles. The Morgan fingerprint density at radius 1 is 1.35 bits per heavy atom. The molecule has 3 N–H and O–H groups in total. The van der Waals surface area contributed by atoms with Crippen LogP contribution in [-0.2, 0) is 6.54 Å². The number of nitrogens with two attached hydrogens (primary N) is 1. The molecular weight excluding hydrogens is 212 g/mol. The summed E-state index contributed by atoms with van der Waals surface area (Å²) in [7, 11) is 0. The quantitative estimate of drug-likeness (QED) is 0.820. The third kappa shape index (κ3) is 4.19. The molecule has 1 amide bonds. The molecule has 0 fully saturated rings. The Hall–Kier alpha value is -1.35. The zero-order valence-corrected chi connectivity index (χ0v) is 10.9. The SMILES string of the molecule is CC(C)C(C)CNC(=O)c1cccc(CN)c1. The fourth-order valence-electron chi connectivity index (χ4n) is 1.43. The molecule has 0 aromatic heterocycles. The Kier molecular flexibility index (Phi) is 5.16. The van der Waals surface area contributed by atoms with Crippen molar-refractivity contribution in [3.8, 4) is 0 Å². The Bertz CT molecular complexity index is 374. The maximum Gasteiger partial charge on any atom is 0.251 e. The van der Waals surface area contributed by atoms with Gasteiger partial charge in [0.2, 0.25) is 0 Å². The van der Waals surface area contributed by atoms with Crippen molar-refractivity contribution in [1.29, 1.82) is 0 Å². The minimum atomic E-state index is -0.0206. The van der Waals surface area contributed by atoms with Crippen molar-refractivity contribution < 1.29 is 4.79 Å². The van der Waals surface area contributed by atoms with Crippen molar-refractivity contribution in [2.24, 2.45) is 17.6 Å². The van der Waals surface area contributed by atoms with E-state index in [2.05, 4.69) is 26.1 Å². The average Bonchev–Trinajstić information content (AvgIpc) is 2.35. The summed E-state index contributed by atoms with van der Waals surface area (Å²) < 4.78 is 0. The Balaban J connectivity index is 2.57. The van der Waals surface area contributed by atoms with E-state index < -0.39 is 0 Å². The van der Waals surface area contributed by atoms with E-state index in [4.69, 9.17) is 5.73 Å². The first-order valence-electron chi connectivity index (χ1n) is 6.11. The van der Waals surface area contributed by atoms with E-state index in [1.807, 2.05) is 24.3 Å². The van der Waals surface area contributed by atoms with Crippen LogP contribution in [0.15, 0.2) is 24.3 Å². The lowest BCUT2D eigenvalue weighted by Crippen LogP contribution is -2.30. The summed E-state index contributed by atoms with van der Waals surface area (Å²) in [5.41, 5.74) is 7.21. The summed E-state index contributed by atoms with van der Waals surface area (Å²) in [5, 5.41) is 2.95. The molecule has 1 rings (SSSR count). The Morgan fingerprint density at radius 3 is 2.65 bits per heavy atom. The zero-order chi connectivity index (χ0) is 12.8. The highest BCUT2D eigenvalue weighted by atomic mass is 16.1. The van der Waals surface area contributed by atoms with Crippen molar-refractivity contribution in [1.82, 2.24) is 5.32 Å². The number of carbonyl (C=O) groups is 1. The molecule has 0 spiro atoms. The molecule has 1 aromatic rings. The van der Waals surface area contributed by atoms with Crippen LogP contribution in [0.3, 0.4) is 0 Å². The van der Waals surface area contributed by atoms with Crippen LogP contribution in [0.4, 0.5) is 0 Å². The average molecular weight is 234 g/mol. The van der Waals surface area contributed by atoms with Crippen molar-refractivity contribution in [3.05, 3.63) is 35.4 Å². The van der Waals surface area contributed by atoms with Crippen LogP contribution in [0.1, 0.15) is 36.7 Å². The lowest BCUT2D eigenvalue weighted by atomic mass is 9.98. The van der Waals surface area contributed by atoms with E-state index in [-0.39, 0.29) is 5.91 Å². The number of rotatable bonds is 5. The first-order chi connectivity index (χ1) is 8.04. The van der Waals surface area contributed by atoms with Gasteiger partial charge in [0.25, 0.3) is 5.91 Å². The first-order valence-corrected chi connectivity index (χ1v) is 6.11. The molecule has 0 heterocycles. The molecule has 3 heteroatoms. The highest BCUT2D eigenvalue weighted by molar-refractivity contribution is 5.94. The third-order valence-corrected chi connectivity index (χ3v) is 3.15. The summed E-state index contributed by atoms with van der Waals surface area (Å²) in [5.74, 6) is 1.04. The predicted octanol–water partition coefficient (Wildman–Crippen LogP) is 2.17. The van der Waals surface area contributed by atoms with Crippen molar-refractivity contribution in [2.75, 3.05) is 6.54 Å². The highest BCUT2D eigenvalue weighted by Crippen LogP contribution is 2.09. The molecule has 0 saturated carbocycles. The predicted molar refractivity (Wildman–Crippen MR) is 70.7 cm³/mol. The summed E-state index contributed by atoms with van der Waals surface area (Å²) in [6, 6.07) is 7.44. The normalized spacial score (nSPS) is 12.5. The summed E-state index contributed by atoms with van der Waals surface area (Å²) in [6.07, 6.45) is 0. The molecule has 0 radical (unpaired) electrons. The van der Waals surface area contributed by atoms with Crippen molar-refractivity contribution in [2.45, 2.75) is 27.3 Å². The molecule has 0 aliphatic carbocycles. The monoisotopic (exact) mass is 234 g/mol. The number of hydrogen-bond acceptors (Lipinski definition) is 2. The van der Waals surface area contributed by atoms with E-state index in [1.165, 1.54) is 0 Å². The van der Waals surface area contributed by atoms with Crippen molar-refractivity contribution in [3.63, 3.8) is 0 Å². The van der Waals surface area contributed by atoms with Gasteiger partial charge in [0, 0.05) is 18.7 Å². The van der Waals surface area contributed by atoms with Gasteiger partial charge in [-0.2, -0.15) is 0 Å². The molecule has 0 aliphatic rings. The zero-order valence-electron chi connectivity index (χ0n) is 10.9. The number of nitrogens with one attached hydrogen (secondary N) is 1. The van der Waals surface area contributed by atoms with Gasteiger partial charge in [-0.15, -0.1) is 0 Å². The number of carbonyl (C=O) groups excluding carboxylic acids is 1. The van der Waals surface area contributed by atoms with E-state index >= 15 is 0 Å². The third-order valence-electron chi connectivity index (χ3n) is 3.15. The molecule has 3 nitrogen and oxygen atoms in total. The molecular formula is C14H22N2O. The lowest BCUT2D eigenvalue weighted by molar-refractivity contribution is 0.0945. The van der Waals surface area contributed by atoms with E-state index in [0.717, 1.165) is 5.56 Å². The second kappa shape index (κ2) is 6.40. The molecule has 1 unspecified atom stereocenters. The molecule has 94 valence electrons. The number of hydrogen-bond donors (Lipinski definition) is 2. The van der Waals surface area contributed by atoms with E-state index in [0.29, 0.717) is 30.5 Å². The van der Waals surface area contributed by atoms with Crippen LogP contribution >= 0.6 is 0 Å². The van der Waals surface area contributed by atoms with E-state index in [9.17, 15) is 4.79 Å². The number of benzene rings is 1. The van der Waals surface area contributed by atoms with Crippen LogP contribution in [0.5, 0.6) is 0 Å². The van der Waals surface area contributed by atoms with Gasteiger partial charge >= 0.3 is 0 Å². The fourth-order valence-corrected chi connectivity index (χ4v) is 1.43. The van der Waals surface area contributed by atoms with Crippen molar-refractivity contribution >= 4 is 5.91 Å². The van der Waals surface area contributed by atoms with Gasteiger partial charge in [-0.25, -0.2) is 0 Å². The second-order valence-electron chi connectivity index (χ2n) is 4.84. The van der Waals surface area contributed by atoms with Crippen LogP contribution in [0.2, 0.25) is 0 Å². The van der Waals surface area contributed by atoms with Gasteiger partial charge < -0.3 is 11.1 Å². The van der Waals surface area contributed by atoms with Crippen LogP contribution in [0.25, 0.3) is 0 Å². The summed E-state index contributed by atoms with van der Waals surface area (Å²) >= 11 is 0. The smallest absolute Gasteiger partial charge is 0.251 e. The minimum Gasteiger partial charge on any atom is -0.352 e. The van der Waals surface area contributed by atoms with Gasteiger partial charge in [-0.05, 0) is 29.5 Å². The topological polar surface area (TPSA) is 55.1 Å². The lowest BCUT2D eigenvalue weighted by Gasteiger charge is -2.16. The molecule has 1 aromatic carbocycles. The van der Waals surface area contributed by atoms with Crippen LogP contribution in [-0.4, -0.2) is 12.5 Å². The van der Waals surface area contributed by atoms with Gasteiger partial charge in [-0.3, -0.25) is 4.79 Å². The Labute approximate surface area is 103 Å².